The fourth-order valence-electron chi connectivity index (χ4n) is 3.93. The minimum atomic E-state index is -3.69. The molecule has 174 valence electrons. The molecular formula is C24H32N2O5S. The first-order valence-corrected chi connectivity index (χ1v) is 12.4. The molecule has 1 heterocycles. The highest BCUT2D eigenvalue weighted by Crippen LogP contribution is 2.28. The molecule has 1 aliphatic rings. The number of amides is 1. The molecule has 7 nitrogen and oxygen atoms in total. The molecule has 0 unspecified atom stereocenters. The Labute approximate surface area is 190 Å². The average molecular weight is 461 g/mol. The lowest BCUT2D eigenvalue weighted by Gasteiger charge is -2.32. The van der Waals surface area contributed by atoms with Crippen molar-refractivity contribution in [3.63, 3.8) is 0 Å². The van der Waals surface area contributed by atoms with Gasteiger partial charge in [0.25, 0.3) is 0 Å². The lowest BCUT2D eigenvalue weighted by atomic mass is 9.98. The Balaban J connectivity index is 1.68. The first-order chi connectivity index (χ1) is 15.3. The highest BCUT2D eigenvalue weighted by molar-refractivity contribution is 7.89. The number of carbonyl (C=O) groups is 1. The van der Waals surface area contributed by atoms with Crippen LogP contribution in [-0.4, -0.2) is 45.4 Å². The summed E-state index contributed by atoms with van der Waals surface area (Å²) in [7, 11) is -2.08. The number of sulfonamides is 1. The SMILES string of the molecule is CCOc1ccc(S(=O)(=O)N2CCC[C@H](C(=O)N[C@H](C)c3ccc(OC)cc3)C2)cc1C. The van der Waals surface area contributed by atoms with E-state index in [1.807, 2.05) is 45.0 Å². The molecule has 8 heteroatoms. The molecular weight excluding hydrogens is 428 g/mol. The maximum atomic E-state index is 13.2. The van der Waals surface area contributed by atoms with E-state index in [9.17, 15) is 13.2 Å². The van der Waals surface area contributed by atoms with Crippen molar-refractivity contribution < 1.29 is 22.7 Å². The smallest absolute Gasteiger partial charge is 0.243 e. The number of methoxy groups -OCH3 is 1. The van der Waals surface area contributed by atoms with Gasteiger partial charge in [-0.2, -0.15) is 4.31 Å². The average Bonchev–Trinajstić information content (AvgIpc) is 2.80. The van der Waals surface area contributed by atoms with Crippen LogP contribution < -0.4 is 14.8 Å². The number of benzene rings is 2. The summed E-state index contributed by atoms with van der Waals surface area (Å²) in [6, 6.07) is 12.2. The molecule has 0 aliphatic carbocycles. The zero-order chi connectivity index (χ0) is 23.3. The van der Waals surface area contributed by atoms with Crippen LogP contribution in [0.2, 0.25) is 0 Å². The summed E-state index contributed by atoms with van der Waals surface area (Å²) in [5.74, 6) is 0.916. The number of hydrogen-bond donors (Lipinski definition) is 1. The lowest BCUT2D eigenvalue weighted by molar-refractivity contribution is -0.126. The van der Waals surface area contributed by atoms with Crippen molar-refractivity contribution in [2.45, 2.75) is 44.6 Å². The van der Waals surface area contributed by atoms with Gasteiger partial charge in [0.1, 0.15) is 11.5 Å². The highest BCUT2D eigenvalue weighted by Gasteiger charge is 2.34. The largest absolute Gasteiger partial charge is 0.497 e. The summed E-state index contributed by atoms with van der Waals surface area (Å²) >= 11 is 0. The zero-order valence-corrected chi connectivity index (χ0v) is 19.9. The van der Waals surface area contributed by atoms with E-state index in [0.29, 0.717) is 31.7 Å². The van der Waals surface area contributed by atoms with E-state index in [-0.39, 0.29) is 29.3 Å². The van der Waals surface area contributed by atoms with Crippen LogP contribution in [0.5, 0.6) is 11.5 Å². The lowest BCUT2D eigenvalue weighted by Crippen LogP contribution is -2.45. The number of ether oxygens (including phenoxy) is 2. The van der Waals surface area contributed by atoms with Crippen molar-refractivity contribution in [3.05, 3.63) is 53.6 Å². The van der Waals surface area contributed by atoms with Gasteiger partial charge in [-0.1, -0.05) is 12.1 Å². The number of aryl methyl sites for hydroxylation is 1. The second-order valence-electron chi connectivity index (χ2n) is 8.07. The topological polar surface area (TPSA) is 84.9 Å². The first kappa shape index (κ1) is 24.1. The van der Waals surface area contributed by atoms with Crippen LogP contribution >= 0.6 is 0 Å². The van der Waals surface area contributed by atoms with Crippen LogP contribution in [0.25, 0.3) is 0 Å². The molecule has 1 N–H and O–H groups in total. The van der Waals surface area contributed by atoms with E-state index in [1.165, 1.54) is 4.31 Å². The van der Waals surface area contributed by atoms with Crippen LogP contribution in [-0.2, 0) is 14.8 Å². The molecule has 32 heavy (non-hydrogen) atoms. The Morgan fingerprint density at radius 3 is 2.56 bits per heavy atom. The van der Waals surface area contributed by atoms with Gasteiger partial charge in [0.2, 0.25) is 15.9 Å². The molecule has 2 aromatic rings. The monoisotopic (exact) mass is 460 g/mol. The van der Waals surface area contributed by atoms with Gasteiger partial charge in [-0.25, -0.2) is 8.42 Å². The third-order valence-corrected chi connectivity index (χ3v) is 7.67. The molecule has 1 fully saturated rings. The van der Waals surface area contributed by atoms with Crippen molar-refractivity contribution in [2.75, 3.05) is 26.8 Å². The number of nitrogens with one attached hydrogen (secondary N) is 1. The van der Waals surface area contributed by atoms with Gasteiger partial charge < -0.3 is 14.8 Å². The van der Waals surface area contributed by atoms with E-state index in [1.54, 1.807) is 25.3 Å². The van der Waals surface area contributed by atoms with Crippen LogP contribution in [0.1, 0.15) is 43.9 Å². The zero-order valence-electron chi connectivity index (χ0n) is 19.1. The van der Waals surface area contributed by atoms with Crippen molar-refractivity contribution in [1.29, 1.82) is 0 Å². The summed E-state index contributed by atoms with van der Waals surface area (Å²) in [5.41, 5.74) is 1.73. The van der Waals surface area contributed by atoms with Crippen LogP contribution in [0.3, 0.4) is 0 Å². The predicted octanol–water partition coefficient (Wildman–Crippen LogP) is 3.68. The molecule has 1 saturated heterocycles. The molecule has 0 saturated carbocycles. The summed E-state index contributed by atoms with van der Waals surface area (Å²) < 4.78 is 38.6. The third-order valence-electron chi connectivity index (χ3n) is 5.81. The van der Waals surface area contributed by atoms with Crippen molar-refractivity contribution in [2.24, 2.45) is 5.92 Å². The van der Waals surface area contributed by atoms with Crippen LogP contribution in [0.4, 0.5) is 0 Å². The fraction of sp³-hybridized carbons (Fsp3) is 0.458. The number of nitrogens with zero attached hydrogens (tertiary/aromatic N) is 1. The Bertz CT molecular complexity index is 1040. The second kappa shape index (κ2) is 10.4. The molecule has 0 spiro atoms. The summed E-state index contributed by atoms with van der Waals surface area (Å²) in [5, 5.41) is 3.03. The van der Waals surface area contributed by atoms with Gasteiger partial charge in [0.05, 0.1) is 30.6 Å². The van der Waals surface area contributed by atoms with Crippen LogP contribution in [0.15, 0.2) is 47.4 Å². The van der Waals surface area contributed by atoms with E-state index in [2.05, 4.69) is 5.32 Å². The molecule has 1 aliphatic heterocycles. The highest BCUT2D eigenvalue weighted by atomic mass is 32.2. The Kier molecular flexibility index (Phi) is 7.79. The van der Waals surface area contributed by atoms with Gasteiger partial charge >= 0.3 is 0 Å². The van der Waals surface area contributed by atoms with Crippen molar-refractivity contribution in [3.8, 4) is 11.5 Å². The second-order valence-corrected chi connectivity index (χ2v) is 10.0. The Morgan fingerprint density at radius 1 is 1.22 bits per heavy atom. The maximum absolute atomic E-state index is 13.2. The van der Waals surface area contributed by atoms with E-state index in [0.717, 1.165) is 16.9 Å². The number of rotatable bonds is 8. The van der Waals surface area contributed by atoms with E-state index in [4.69, 9.17) is 9.47 Å². The van der Waals surface area contributed by atoms with E-state index < -0.39 is 10.0 Å². The van der Waals surface area contributed by atoms with Gasteiger partial charge in [-0.05, 0) is 75.1 Å². The number of hydrogen-bond acceptors (Lipinski definition) is 5. The molecule has 0 aromatic heterocycles. The normalized spacial score (nSPS) is 18.1. The molecule has 2 aromatic carbocycles. The molecule has 3 rings (SSSR count). The van der Waals surface area contributed by atoms with Gasteiger partial charge in [-0.3, -0.25) is 4.79 Å². The summed E-state index contributed by atoms with van der Waals surface area (Å²) in [6.45, 7) is 6.74. The summed E-state index contributed by atoms with van der Waals surface area (Å²) in [4.78, 5) is 13.1. The first-order valence-electron chi connectivity index (χ1n) is 10.9. The minimum absolute atomic E-state index is 0.129. The van der Waals surface area contributed by atoms with Gasteiger partial charge in [-0.15, -0.1) is 0 Å². The molecule has 0 radical (unpaired) electrons. The third kappa shape index (κ3) is 5.42. The maximum Gasteiger partial charge on any atom is 0.243 e. The van der Waals surface area contributed by atoms with Gasteiger partial charge in [0, 0.05) is 13.1 Å². The van der Waals surface area contributed by atoms with Crippen LogP contribution in [0, 0.1) is 12.8 Å². The van der Waals surface area contributed by atoms with Crippen molar-refractivity contribution >= 4 is 15.9 Å². The molecule has 2 atom stereocenters. The molecule has 0 bridgehead atoms. The minimum Gasteiger partial charge on any atom is -0.497 e. The summed E-state index contributed by atoms with van der Waals surface area (Å²) in [6.07, 6.45) is 1.31. The number of piperidine rings is 1. The standard InChI is InChI=1S/C24H32N2O5S/c1-5-31-23-13-12-22(15-17(23)2)32(28,29)26-14-6-7-20(16-26)24(27)25-18(3)19-8-10-21(30-4)11-9-19/h8-13,15,18,20H,5-7,14,16H2,1-4H3,(H,25,27)/t18-,20+/m1/s1. The number of carbonyl (C=O) groups excluding carboxylic acids is 1. The van der Waals surface area contributed by atoms with E-state index >= 15 is 0 Å². The van der Waals surface area contributed by atoms with Gasteiger partial charge in [0.15, 0.2) is 0 Å². The fourth-order valence-corrected chi connectivity index (χ4v) is 5.54. The van der Waals surface area contributed by atoms with Crippen molar-refractivity contribution in [1.82, 2.24) is 9.62 Å². The Morgan fingerprint density at radius 2 is 1.94 bits per heavy atom. The molecule has 1 amide bonds. The predicted molar refractivity (Wildman–Crippen MR) is 123 cm³/mol. The Hall–Kier alpha value is -2.58. The quantitative estimate of drug-likeness (QED) is 0.650.